The van der Waals surface area contributed by atoms with E-state index in [0.29, 0.717) is 5.69 Å². The minimum absolute atomic E-state index is 0.0200. The fourth-order valence-corrected chi connectivity index (χ4v) is 2.53. The maximum atomic E-state index is 10.7. The van der Waals surface area contributed by atoms with Crippen molar-refractivity contribution < 1.29 is 35.9 Å². The quantitative estimate of drug-likeness (QED) is 0.103. The summed E-state index contributed by atoms with van der Waals surface area (Å²) in [5.41, 5.74) is -0.444. The van der Waals surface area contributed by atoms with Crippen LogP contribution in [0.5, 0.6) is 5.75 Å². The molecule has 1 fully saturated rings. The predicted molar refractivity (Wildman–Crippen MR) is 52.3 cm³/mol. The molecule has 2 rings (SSSR count). The second-order valence-corrected chi connectivity index (χ2v) is 5.69. The van der Waals surface area contributed by atoms with E-state index < -0.39 is 10.4 Å². The van der Waals surface area contributed by atoms with Crippen LogP contribution in [0, 0.1) is 10.1 Å². The summed E-state index contributed by atoms with van der Waals surface area (Å²) in [4.78, 5) is 20.8. The molecule has 1 aromatic rings. The van der Waals surface area contributed by atoms with Crippen molar-refractivity contribution in [2.45, 2.75) is 0 Å². The van der Waals surface area contributed by atoms with Crippen molar-refractivity contribution in [3.05, 3.63) is 28.3 Å². The third kappa shape index (κ3) is 2.53. The van der Waals surface area contributed by atoms with Gasteiger partial charge in [-0.1, -0.05) is 0 Å². The van der Waals surface area contributed by atoms with E-state index in [9.17, 15) is 14.9 Å². The number of nitro benzene ring substituents is 1. The molecule has 1 aliphatic heterocycles. The molecule has 0 amide bonds. The van der Waals surface area contributed by atoms with E-state index in [2.05, 4.69) is 4.74 Å². The van der Waals surface area contributed by atoms with Crippen LogP contribution in [-0.4, -0.2) is 14.9 Å². The standard InChI is InChI=1S/C8H5ClIN2O4/c9-8(13)16-5-1-2-6(12(14)15)7(3-5)11-4-10-11/h1-3H,4H2/q-1. The number of carbonyl (C=O) groups excluding carboxylic acids is 1. The predicted octanol–water partition coefficient (Wildman–Crippen LogP) is -0.886. The molecule has 0 N–H and O–H groups in total. The molecule has 16 heavy (non-hydrogen) atoms. The van der Waals surface area contributed by atoms with Gasteiger partial charge >= 0.3 is 106 Å². The molecule has 1 aliphatic rings. The molecule has 1 saturated heterocycles. The number of hydrogen-bond acceptors (Lipinski definition) is 5. The molecule has 86 valence electrons. The maximum absolute atomic E-state index is 10.7. The Hall–Kier alpha value is -1.09. The Bertz CT molecular complexity index is 463. The monoisotopic (exact) mass is 355 g/mol. The van der Waals surface area contributed by atoms with Crippen molar-refractivity contribution in [1.29, 1.82) is 0 Å². The molecule has 0 aliphatic carbocycles. The molecule has 0 atom stereocenters. The SMILES string of the molecule is O=C(Cl)Oc1ccc([N+](=O)[O-])c(N2C[I-]2)c1. The number of ether oxygens (including phenoxy) is 1. The summed E-state index contributed by atoms with van der Waals surface area (Å²) in [5.74, 6) is 0.219. The van der Waals surface area contributed by atoms with Gasteiger partial charge in [0.2, 0.25) is 0 Å². The normalized spacial score (nSPS) is 13.9. The van der Waals surface area contributed by atoms with Gasteiger partial charge in [0.1, 0.15) is 0 Å². The molecule has 0 radical (unpaired) electrons. The van der Waals surface area contributed by atoms with Crippen LogP contribution in [0.25, 0.3) is 0 Å². The summed E-state index contributed by atoms with van der Waals surface area (Å²) in [6.45, 7) is 0. The molecule has 1 heterocycles. The zero-order valence-corrected chi connectivity index (χ0v) is 10.6. The van der Waals surface area contributed by atoms with Crippen molar-refractivity contribution in [3.8, 4) is 5.75 Å². The summed E-state index contributed by atoms with van der Waals surface area (Å²) >= 11 is 4.94. The summed E-state index contributed by atoms with van der Waals surface area (Å²) < 4.78 is 7.44. The Morgan fingerprint density at radius 3 is 2.81 bits per heavy atom. The molecule has 6 nitrogen and oxygen atoms in total. The van der Waals surface area contributed by atoms with Crippen LogP contribution in [-0.2, 0) is 0 Å². The minimum atomic E-state index is -0.958. The van der Waals surface area contributed by atoms with E-state index in [1.807, 2.05) is 3.11 Å². The van der Waals surface area contributed by atoms with Crippen molar-refractivity contribution in [3.63, 3.8) is 0 Å². The average molecular weight is 355 g/mol. The summed E-state index contributed by atoms with van der Waals surface area (Å²) in [7, 11) is 0. The summed E-state index contributed by atoms with van der Waals surface area (Å²) in [6, 6.07) is 4.13. The number of halogens is 2. The number of carbonyl (C=O) groups is 1. The van der Waals surface area contributed by atoms with Crippen LogP contribution in [0.2, 0.25) is 0 Å². The second kappa shape index (κ2) is 4.42. The van der Waals surface area contributed by atoms with Gasteiger partial charge in [0.05, 0.1) is 0 Å². The third-order valence-electron chi connectivity index (χ3n) is 1.84. The van der Waals surface area contributed by atoms with Gasteiger partial charge in [-0.05, 0) is 0 Å². The van der Waals surface area contributed by atoms with Crippen LogP contribution in [0.15, 0.2) is 18.2 Å². The number of hydrogen-bond donors (Lipinski definition) is 0. The summed E-state index contributed by atoms with van der Waals surface area (Å²) in [6.07, 6.45) is 0. The average Bonchev–Trinajstić information content (AvgIpc) is 2.99. The number of benzene rings is 1. The zero-order chi connectivity index (χ0) is 11.7. The molecule has 8 heteroatoms. The van der Waals surface area contributed by atoms with Crippen LogP contribution in [0.1, 0.15) is 0 Å². The fourth-order valence-electron chi connectivity index (χ4n) is 1.16. The molecule has 0 spiro atoms. The van der Waals surface area contributed by atoms with Crippen molar-refractivity contribution in [2.24, 2.45) is 0 Å². The second-order valence-electron chi connectivity index (χ2n) is 2.85. The Kier molecular flexibility index (Phi) is 3.15. The van der Waals surface area contributed by atoms with Crippen LogP contribution in [0.3, 0.4) is 0 Å². The molecular weight excluding hydrogens is 350 g/mol. The van der Waals surface area contributed by atoms with E-state index in [-0.39, 0.29) is 32.9 Å². The van der Waals surface area contributed by atoms with E-state index >= 15 is 0 Å². The first-order chi connectivity index (χ1) is 7.58. The number of nitrogens with zero attached hydrogens (tertiary/aromatic N) is 2. The number of alkyl halides is 1. The molecular formula is C8H5ClIN2O4-. The molecule has 0 saturated carbocycles. The van der Waals surface area contributed by atoms with Crippen LogP contribution >= 0.6 is 11.6 Å². The van der Waals surface area contributed by atoms with Gasteiger partial charge in [-0.15, -0.1) is 0 Å². The first kappa shape index (κ1) is 11.4. The zero-order valence-electron chi connectivity index (χ0n) is 7.72. The topological polar surface area (TPSA) is 72.5 Å². The van der Waals surface area contributed by atoms with Crippen molar-refractivity contribution >= 4 is 28.4 Å². The van der Waals surface area contributed by atoms with Gasteiger partial charge in [-0.2, -0.15) is 0 Å². The van der Waals surface area contributed by atoms with Gasteiger partial charge in [0, 0.05) is 0 Å². The van der Waals surface area contributed by atoms with Gasteiger partial charge < -0.3 is 0 Å². The first-order valence-corrected chi connectivity index (χ1v) is 6.97. The molecule has 0 aromatic heterocycles. The molecule has 0 bridgehead atoms. The van der Waals surface area contributed by atoms with E-state index in [1.54, 1.807) is 0 Å². The third-order valence-corrected chi connectivity index (χ3v) is 3.80. The van der Waals surface area contributed by atoms with Gasteiger partial charge in [0.15, 0.2) is 0 Å². The van der Waals surface area contributed by atoms with E-state index in [4.69, 9.17) is 11.6 Å². The Morgan fingerprint density at radius 2 is 2.31 bits per heavy atom. The van der Waals surface area contributed by atoms with E-state index in [1.165, 1.54) is 18.2 Å². The number of anilines is 1. The summed E-state index contributed by atoms with van der Waals surface area (Å²) in [5, 5.41) is 10.7. The van der Waals surface area contributed by atoms with Gasteiger partial charge in [-0.3, -0.25) is 0 Å². The van der Waals surface area contributed by atoms with Crippen molar-refractivity contribution in [1.82, 2.24) is 0 Å². The Labute approximate surface area is 106 Å². The fraction of sp³-hybridized carbons (Fsp3) is 0.125. The van der Waals surface area contributed by atoms with E-state index in [0.717, 1.165) is 4.55 Å². The Balaban J connectivity index is 2.35. The number of rotatable bonds is 3. The molecule has 0 unspecified atom stereocenters. The number of nitro groups is 1. The van der Waals surface area contributed by atoms with Crippen LogP contribution in [0.4, 0.5) is 16.2 Å². The first-order valence-electron chi connectivity index (χ1n) is 4.10. The van der Waals surface area contributed by atoms with Gasteiger partial charge in [-0.25, -0.2) is 0 Å². The Morgan fingerprint density at radius 1 is 1.62 bits per heavy atom. The van der Waals surface area contributed by atoms with Crippen LogP contribution < -0.4 is 29.3 Å². The van der Waals surface area contributed by atoms with Gasteiger partial charge in [0.25, 0.3) is 0 Å². The molecule has 1 aromatic carbocycles. The van der Waals surface area contributed by atoms with Crippen molar-refractivity contribution in [2.75, 3.05) is 7.66 Å².